The van der Waals surface area contributed by atoms with Crippen LogP contribution < -0.4 is 0 Å². The lowest BCUT2D eigenvalue weighted by molar-refractivity contribution is 0.250. The molecule has 2 heteroatoms. The van der Waals surface area contributed by atoms with Gasteiger partial charge in [0.1, 0.15) is 0 Å². The lowest BCUT2D eigenvalue weighted by Crippen LogP contribution is -2.15. The van der Waals surface area contributed by atoms with E-state index < -0.39 is 0 Å². The smallest absolute Gasteiger partial charge is 0.159 e. The summed E-state index contributed by atoms with van der Waals surface area (Å²) in [5.74, 6) is 2.76. The molecule has 1 saturated carbocycles. The van der Waals surface area contributed by atoms with Crippen molar-refractivity contribution in [3.63, 3.8) is 0 Å². The maximum Gasteiger partial charge on any atom is 0.159 e. The van der Waals surface area contributed by atoms with Crippen LogP contribution in [0.3, 0.4) is 0 Å². The highest BCUT2D eigenvalue weighted by Crippen LogP contribution is 2.34. The second-order valence-corrected chi connectivity index (χ2v) is 8.03. The summed E-state index contributed by atoms with van der Waals surface area (Å²) in [6, 6.07) is 8.60. The van der Waals surface area contributed by atoms with Crippen LogP contribution in [0.4, 0.5) is 0 Å². The fourth-order valence-corrected chi connectivity index (χ4v) is 4.19. The van der Waals surface area contributed by atoms with Crippen molar-refractivity contribution in [1.29, 1.82) is 0 Å². The fraction of sp³-hybridized carbons (Fsp3) is 0.583. The Morgan fingerprint density at radius 1 is 0.808 bits per heavy atom. The molecule has 0 N–H and O–H groups in total. The van der Waals surface area contributed by atoms with Gasteiger partial charge in [-0.3, -0.25) is 0 Å². The van der Waals surface area contributed by atoms with Crippen molar-refractivity contribution in [2.45, 2.75) is 78.1 Å². The molecule has 0 bridgehead atoms. The second kappa shape index (κ2) is 9.85. The molecule has 1 aromatic carbocycles. The summed E-state index contributed by atoms with van der Waals surface area (Å²) < 4.78 is 0. The summed E-state index contributed by atoms with van der Waals surface area (Å²) in [6.07, 6.45) is 17.5. The predicted molar refractivity (Wildman–Crippen MR) is 110 cm³/mol. The molecule has 1 fully saturated rings. The average molecular weight is 351 g/mol. The first kappa shape index (κ1) is 19.1. The maximum atomic E-state index is 4.60. The van der Waals surface area contributed by atoms with Crippen molar-refractivity contribution in [2.75, 3.05) is 0 Å². The standard InChI is InChI=1S/C24H34N2/c1-3-5-6-20-7-9-21(10-8-20)11-12-22-17-25-24(26-18-22)23-15-13-19(4-2)14-16-23/h13-18,20-21H,3-12H2,1-2H3/t20-,21-. The molecule has 1 heterocycles. The van der Waals surface area contributed by atoms with Crippen molar-refractivity contribution < 1.29 is 0 Å². The lowest BCUT2D eigenvalue weighted by atomic mass is 9.78. The van der Waals surface area contributed by atoms with Crippen molar-refractivity contribution in [3.8, 4) is 11.4 Å². The topological polar surface area (TPSA) is 25.8 Å². The average Bonchev–Trinajstić information content (AvgIpc) is 2.72. The van der Waals surface area contributed by atoms with Gasteiger partial charge in [-0.1, -0.05) is 83.1 Å². The summed E-state index contributed by atoms with van der Waals surface area (Å²) in [7, 11) is 0. The molecule has 1 aliphatic rings. The van der Waals surface area contributed by atoms with E-state index in [9.17, 15) is 0 Å². The largest absolute Gasteiger partial charge is 0.236 e. The van der Waals surface area contributed by atoms with Crippen LogP contribution in [-0.2, 0) is 12.8 Å². The van der Waals surface area contributed by atoms with Gasteiger partial charge in [-0.2, -0.15) is 0 Å². The first-order valence-electron chi connectivity index (χ1n) is 10.7. The van der Waals surface area contributed by atoms with E-state index in [0.29, 0.717) is 0 Å². The monoisotopic (exact) mass is 350 g/mol. The number of hydrogen-bond donors (Lipinski definition) is 0. The molecular weight excluding hydrogens is 316 g/mol. The molecule has 0 amide bonds. The van der Waals surface area contributed by atoms with Crippen LogP contribution in [0, 0.1) is 11.8 Å². The van der Waals surface area contributed by atoms with Crippen LogP contribution >= 0.6 is 0 Å². The Morgan fingerprint density at radius 3 is 2.00 bits per heavy atom. The van der Waals surface area contributed by atoms with E-state index in [4.69, 9.17) is 0 Å². The van der Waals surface area contributed by atoms with Gasteiger partial charge in [0.2, 0.25) is 0 Å². The van der Waals surface area contributed by atoms with Gasteiger partial charge >= 0.3 is 0 Å². The quantitative estimate of drug-likeness (QED) is 0.533. The predicted octanol–water partition coefficient (Wildman–Crippen LogP) is 6.64. The number of benzene rings is 1. The Kier molecular flexibility index (Phi) is 7.22. The third-order valence-electron chi connectivity index (χ3n) is 6.10. The Labute approximate surface area is 159 Å². The summed E-state index contributed by atoms with van der Waals surface area (Å²) in [5.41, 5.74) is 3.75. The van der Waals surface area contributed by atoms with E-state index >= 15 is 0 Å². The highest BCUT2D eigenvalue weighted by molar-refractivity contribution is 5.55. The molecule has 3 rings (SSSR count). The van der Waals surface area contributed by atoms with Gasteiger partial charge in [0, 0.05) is 18.0 Å². The third kappa shape index (κ3) is 5.40. The maximum absolute atomic E-state index is 4.60. The summed E-state index contributed by atoms with van der Waals surface area (Å²) >= 11 is 0. The minimum atomic E-state index is 0.841. The minimum absolute atomic E-state index is 0.841. The van der Waals surface area contributed by atoms with E-state index in [1.165, 1.54) is 62.5 Å². The molecule has 0 unspecified atom stereocenters. The Hall–Kier alpha value is -1.70. The molecule has 1 aromatic heterocycles. The second-order valence-electron chi connectivity index (χ2n) is 8.03. The van der Waals surface area contributed by atoms with Crippen molar-refractivity contribution in [3.05, 3.63) is 47.8 Å². The first-order chi connectivity index (χ1) is 12.8. The van der Waals surface area contributed by atoms with Crippen molar-refractivity contribution in [1.82, 2.24) is 9.97 Å². The highest BCUT2D eigenvalue weighted by Gasteiger charge is 2.20. The number of aryl methyl sites for hydroxylation is 2. The number of aromatic nitrogens is 2. The third-order valence-corrected chi connectivity index (χ3v) is 6.10. The zero-order chi connectivity index (χ0) is 18.2. The van der Waals surface area contributed by atoms with E-state index in [-0.39, 0.29) is 0 Å². The Morgan fingerprint density at radius 2 is 1.42 bits per heavy atom. The molecule has 2 aromatic rings. The summed E-state index contributed by atoms with van der Waals surface area (Å²) in [6.45, 7) is 4.48. The van der Waals surface area contributed by atoms with Crippen LogP contribution in [0.5, 0.6) is 0 Å². The van der Waals surface area contributed by atoms with E-state index in [1.54, 1.807) is 0 Å². The van der Waals surface area contributed by atoms with Gasteiger partial charge in [0.25, 0.3) is 0 Å². The van der Waals surface area contributed by atoms with E-state index in [0.717, 1.165) is 36.1 Å². The SMILES string of the molecule is CCCC[C@H]1CC[C@H](CCc2cnc(-c3ccc(CC)cc3)nc2)CC1. The molecule has 2 nitrogen and oxygen atoms in total. The molecular formula is C24H34N2. The number of hydrogen-bond acceptors (Lipinski definition) is 2. The van der Waals surface area contributed by atoms with Crippen molar-refractivity contribution in [2.24, 2.45) is 11.8 Å². The van der Waals surface area contributed by atoms with Gasteiger partial charge in [-0.05, 0) is 42.2 Å². The molecule has 0 radical (unpaired) electrons. The molecule has 0 atom stereocenters. The van der Waals surface area contributed by atoms with Crippen molar-refractivity contribution >= 4 is 0 Å². The lowest BCUT2D eigenvalue weighted by Gasteiger charge is -2.28. The fourth-order valence-electron chi connectivity index (χ4n) is 4.19. The van der Waals surface area contributed by atoms with Gasteiger partial charge < -0.3 is 0 Å². The van der Waals surface area contributed by atoms with Gasteiger partial charge in [0.15, 0.2) is 5.82 Å². The van der Waals surface area contributed by atoms with E-state index in [2.05, 4.69) is 48.1 Å². The van der Waals surface area contributed by atoms with Gasteiger partial charge in [-0.25, -0.2) is 9.97 Å². The highest BCUT2D eigenvalue weighted by atomic mass is 14.9. The van der Waals surface area contributed by atoms with Crippen LogP contribution in [0.2, 0.25) is 0 Å². The molecule has 0 saturated heterocycles. The number of rotatable bonds is 8. The molecule has 26 heavy (non-hydrogen) atoms. The molecule has 1 aliphatic carbocycles. The zero-order valence-electron chi connectivity index (χ0n) is 16.6. The summed E-state index contributed by atoms with van der Waals surface area (Å²) in [4.78, 5) is 9.21. The zero-order valence-corrected chi connectivity index (χ0v) is 16.6. The number of nitrogens with zero attached hydrogens (tertiary/aromatic N) is 2. The van der Waals surface area contributed by atoms with E-state index in [1.807, 2.05) is 12.4 Å². The Balaban J connectivity index is 1.46. The normalized spacial score (nSPS) is 20.2. The molecule has 0 spiro atoms. The van der Waals surface area contributed by atoms with Crippen LogP contribution in [0.15, 0.2) is 36.7 Å². The van der Waals surface area contributed by atoms with Crippen LogP contribution in [0.1, 0.15) is 76.3 Å². The molecule has 140 valence electrons. The van der Waals surface area contributed by atoms with Gasteiger partial charge in [0.05, 0.1) is 0 Å². The molecule has 0 aliphatic heterocycles. The summed E-state index contributed by atoms with van der Waals surface area (Å²) in [5, 5.41) is 0. The minimum Gasteiger partial charge on any atom is -0.236 e. The van der Waals surface area contributed by atoms with Gasteiger partial charge in [-0.15, -0.1) is 0 Å². The Bertz CT molecular complexity index is 637. The van der Waals surface area contributed by atoms with Crippen LogP contribution in [0.25, 0.3) is 11.4 Å². The van der Waals surface area contributed by atoms with Crippen LogP contribution in [-0.4, -0.2) is 9.97 Å². The first-order valence-corrected chi connectivity index (χ1v) is 10.7. The number of unbranched alkanes of at least 4 members (excludes halogenated alkanes) is 1.